The van der Waals surface area contributed by atoms with Crippen LogP contribution in [0, 0.1) is 0 Å². The third-order valence-electron chi connectivity index (χ3n) is 1.05. The van der Waals surface area contributed by atoms with Crippen LogP contribution in [-0.4, -0.2) is 10.2 Å². The SMILES string of the molecule is O=C(Cl)c1cncc(Cl)c1Cl. The van der Waals surface area contributed by atoms with Crippen molar-refractivity contribution in [2.75, 3.05) is 0 Å². The Labute approximate surface area is 78.1 Å². The highest BCUT2D eigenvalue weighted by Crippen LogP contribution is 2.24. The number of pyridine rings is 1. The molecule has 58 valence electrons. The van der Waals surface area contributed by atoms with Crippen molar-refractivity contribution in [2.45, 2.75) is 0 Å². The van der Waals surface area contributed by atoms with Gasteiger partial charge in [0.25, 0.3) is 5.24 Å². The highest BCUT2D eigenvalue weighted by molar-refractivity contribution is 6.69. The van der Waals surface area contributed by atoms with Crippen LogP contribution in [0.4, 0.5) is 0 Å². The van der Waals surface area contributed by atoms with Gasteiger partial charge < -0.3 is 0 Å². The molecule has 0 aliphatic carbocycles. The lowest BCUT2D eigenvalue weighted by atomic mass is 10.3. The summed E-state index contributed by atoms with van der Waals surface area (Å²) in [6.45, 7) is 0. The summed E-state index contributed by atoms with van der Waals surface area (Å²) in [5, 5.41) is -0.301. The molecule has 0 saturated heterocycles. The van der Waals surface area contributed by atoms with Gasteiger partial charge in [0.05, 0.1) is 15.6 Å². The Balaban J connectivity index is 3.27. The molecule has 2 nitrogen and oxygen atoms in total. The molecule has 11 heavy (non-hydrogen) atoms. The summed E-state index contributed by atoms with van der Waals surface area (Å²) >= 11 is 16.3. The molecule has 0 unspecified atom stereocenters. The van der Waals surface area contributed by atoms with Gasteiger partial charge >= 0.3 is 0 Å². The maximum absolute atomic E-state index is 10.6. The monoisotopic (exact) mass is 209 g/mol. The maximum Gasteiger partial charge on any atom is 0.255 e. The summed E-state index contributed by atoms with van der Waals surface area (Å²) < 4.78 is 0. The Morgan fingerprint density at radius 3 is 2.45 bits per heavy atom. The molecule has 1 aromatic heterocycles. The predicted molar refractivity (Wildman–Crippen MR) is 44.4 cm³/mol. The average Bonchev–Trinajstić information content (AvgIpc) is 1.94. The molecule has 0 aromatic carbocycles. The first kappa shape index (κ1) is 8.78. The Bertz CT molecular complexity index is 300. The number of hydrogen-bond acceptors (Lipinski definition) is 2. The zero-order valence-electron chi connectivity index (χ0n) is 5.14. The van der Waals surface area contributed by atoms with Gasteiger partial charge in [-0.25, -0.2) is 0 Å². The van der Waals surface area contributed by atoms with Gasteiger partial charge in [-0.3, -0.25) is 9.78 Å². The molecule has 0 N–H and O–H groups in total. The first-order chi connectivity index (χ1) is 5.13. The van der Waals surface area contributed by atoms with Gasteiger partial charge in [0, 0.05) is 12.4 Å². The normalized spacial score (nSPS) is 9.73. The molecule has 0 bridgehead atoms. The van der Waals surface area contributed by atoms with Gasteiger partial charge in [-0.15, -0.1) is 0 Å². The summed E-state index contributed by atoms with van der Waals surface area (Å²) in [5.74, 6) is 0. The number of rotatable bonds is 1. The molecule has 0 radical (unpaired) electrons. The van der Waals surface area contributed by atoms with Gasteiger partial charge in [-0.2, -0.15) is 0 Å². The molecule has 5 heteroatoms. The summed E-state index contributed by atoms with van der Waals surface area (Å²) in [6.07, 6.45) is 2.61. The second-order valence-electron chi connectivity index (χ2n) is 1.76. The van der Waals surface area contributed by atoms with Crippen molar-refractivity contribution in [1.29, 1.82) is 0 Å². The highest BCUT2D eigenvalue weighted by Gasteiger charge is 2.09. The molecule has 0 aliphatic heterocycles. The molecule has 0 spiro atoms. The summed E-state index contributed by atoms with van der Waals surface area (Å²) in [6, 6.07) is 0. The molecule has 0 atom stereocenters. The maximum atomic E-state index is 10.6. The minimum atomic E-state index is -0.662. The van der Waals surface area contributed by atoms with Crippen molar-refractivity contribution in [2.24, 2.45) is 0 Å². The Hall–Kier alpha value is -0.310. The second-order valence-corrected chi connectivity index (χ2v) is 2.89. The van der Waals surface area contributed by atoms with Gasteiger partial charge in [0.15, 0.2) is 0 Å². The van der Waals surface area contributed by atoms with E-state index < -0.39 is 5.24 Å². The molecule has 0 fully saturated rings. The summed E-state index contributed by atoms with van der Waals surface area (Å²) in [5.41, 5.74) is 0.126. The molecule has 1 rings (SSSR count). The summed E-state index contributed by atoms with van der Waals surface area (Å²) in [7, 11) is 0. The minimum absolute atomic E-state index is 0.126. The van der Waals surface area contributed by atoms with Gasteiger partial charge in [0.1, 0.15) is 0 Å². The zero-order chi connectivity index (χ0) is 8.43. The van der Waals surface area contributed by atoms with Crippen LogP contribution < -0.4 is 0 Å². The highest BCUT2D eigenvalue weighted by atomic mass is 35.5. The van der Waals surface area contributed by atoms with E-state index in [9.17, 15) is 4.79 Å². The van der Waals surface area contributed by atoms with Crippen molar-refractivity contribution < 1.29 is 4.79 Å². The molecular formula is C6H2Cl3NO. The molecule has 0 saturated carbocycles. The van der Waals surface area contributed by atoms with E-state index in [-0.39, 0.29) is 15.6 Å². The van der Waals surface area contributed by atoms with E-state index in [1.807, 2.05) is 0 Å². The van der Waals surface area contributed by atoms with E-state index >= 15 is 0 Å². The van der Waals surface area contributed by atoms with Gasteiger partial charge in [-0.05, 0) is 11.6 Å². The fraction of sp³-hybridized carbons (Fsp3) is 0. The number of carbonyl (C=O) groups is 1. The Morgan fingerprint density at radius 1 is 1.36 bits per heavy atom. The molecule has 1 heterocycles. The topological polar surface area (TPSA) is 30.0 Å². The first-order valence-electron chi connectivity index (χ1n) is 2.61. The smallest absolute Gasteiger partial charge is 0.255 e. The molecule has 1 aromatic rings. The third kappa shape index (κ3) is 1.83. The largest absolute Gasteiger partial charge is 0.275 e. The minimum Gasteiger partial charge on any atom is -0.275 e. The molecule has 0 aliphatic rings. The lowest BCUT2D eigenvalue weighted by molar-refractivity contribution is 0.108. The quantitative estimate of drug-likeness (QED) is 0.667. The first-order valence-corrected chi connectivity index (χ1v) is 3.75. The van der Waals surface area contributed by atoms with Crippen LogP contribution in [0.3, 0.4) is 0 Å². The van der Waals surface area contributed by atoms with Crippen LogP contribution in [-0.2, 0) is 0 Å². The third-order valence-corrected chi connectivity index (χ3v) is 2.04. The Kier molecular flexibility index (Phi) is 2.71. The van der Waals surface area contributed by atoms with E-state index in [4.69, 9.17) is 34.8 Å². The zero-order valence-corrected chi connectivity index (χ0v) is 7.41. The van der Waals surface area contributed by atoms with Crippen molar-refractivity contribution in [3.8, 4) is 0 Å². The van der Waals surface area contributed by atoms with Crippen molar-refractivity contribution in [3.05, 3.63) is 28.0 Å². The van der Waals surface area contributed by atoms with E-state index in [1.54, 1.807) is 0 Å². The van der Waals surface area contributed by atoms with Crippen LogP contribution in [0.25, 0.3) is 0 Å². The fourth-order valence-corrected chi connectivity index (χ4v) is 1.09. The summed E-state index contributed by atoms with van der Waals surface area (Å²) in [4.78, 5) is 14.2. The Morgan fingerprint density at radius 2 is 2.00 bits per heavy atom. The van der Waals surface area contributed by atoms with Crippen LogP contribution in [0.15, 0.2) is 12.4 Å². The van der Waals surface area contributed by atoms with E-state index in [2.05, 4.69) is 4.98 Å². The van der Waals surface area contributed by atoms with Crippen molar-refractivity contribution in [1.82, 2.24) is 4.98 Å². The fourth-order valence-electron chi connectivity index (χ4n) is 0.556. The van der Waals surface area contributed by atoms with E-state index in [1.165, 1.54) is 12.4 Å². The van der Waals surface area contributed by atoms with Crippen LogP contribution in [0.2, 0.25) is 10.0 Å². The van der Waals surface area contributed by atoms with E-state index in [0.717, 1.165) is 0 Å². The van der Waals surface area contributed by atoms with Crippen LogP contribution >= 0.6 is 34.8 Å². The lowest BCUT2D eigenvalue weighted by Gasteiger charge is -1.97. The van der Waals surface area contributed by atoms with Crippen molar-refractivity contribution >= 4 is 40.0 Å². The lowest BCUT2D eigenvalue weighted by Crippen LogP contribution is -1.91. The number of carbonyl (C=O) groups excluding carboxylic acids is 1. The van der Waals surface area contributed by atoms with Crippen molar-refractivity contribution in [3.63, 3.8) is 0 Å². The number of nitrogens with zero attached hydrogens (tertiary/aromatic N) is 1. The van der Waals surface area contributed by atoms with Crippen LogP contribution in [0.1, 0.15) is 10.4 Å². The van der Waals surface area contributed by atoms with Gasteiger partial charge in [0.2, 0.25) is 0 Å². The molecule has 0 amide bonds. The van der Waals surface area contributed by atoms with E-state index in [0.29, 0.717) is 0 Å². The number of aromatic nitrogens is 1. The second kappa shape index (κ2) is 3.39. The van der Waals surface area contributed by atoms with Gasteiger partial charge in [-0.1, -0.05) is 23.2 Å². The molecular weight excluding hydrogens is 208 g/mol. The number of halogens is 3. The predicted octanol–water partition coefficient (Wildman–Crippen LogP) is 2.77. The average molecular weight is 210 g/mol. The van der Waals surface area contributed by atoms with Crippen LogP contribution in [0.5, 0.6) is 0 Å². The standard InChI is InChI=1S/C6H2Cl3NO/c7-4-2-10-1-3(5(4)8)6(9)11/h1-2H. The number of hydrogen-bond donors (Lipinski definition) is 0.